The monoisotopic (exact) mass is 414 g/mol. The number of pyridine rings is 2. The van der Waals surface area contributed by atoms with Crippen LogP contribution in [-0.4, -0.2) is 51.9 Å². The molecule has 0 spiro atoms. The Balaban J connectivity index is 1.59. The van der Waals surface area contributed by atoms with E-state index in [4.69, 9.17) is 0 Å². The molecule has 1 aliphatic heterocycles. The minimum atomic E-state index is -0.0786. The molecule has 1 saturated heterocycles. The standard InChI is InChI=1S/C26H30N4O/c1-3-30-15-14-29(19-24-11-6-8-20(2)28-24)18-23(26(30)31)16-21-9-4-5-12-25(21)22-10-7-13-27-17-22/h4-13,17,23H,3,14-16,18-19H2,1-2H3. The Morgan fingerprint density at radius 2 is 1.90 bits per heavy atom. The summed E-state index contributed by atoms with van der Waals surface area (Å²) in [5, 5.41) is 0. The van der Waals surface area contributed by atoms with Gasteiger partial charge in [-0.25, -0.2) is 0 Å². The molecule has 3 heterocycles. The lowest BCUT2D eigenvalue weighted by Crippen LogP contribution is -2.37. The van der Waals surface area contributed by atoms with Crippen LogP contribution >= 0.6 is 0 Å². The van der Waals surface area contributed by atoms with Gasteiger partial charge in [0.25, 0.3) is 0 Å². The van der Waals surface area contributed by atoms with Crippen LogP contribution in [0.1, 0.15) is 23.9 Å². The third-order valence-electron chi connectivity index (χ3n) is 6.00. The van der Waals surface area contributed by atoms with Gasteiger partial charge in [0.05, 0.1) is 11.6 Å². The zero-order valence-corrected chi connectivity index (χ0v) is 18.4. The molecule has 160 valence electrons. The highest BCUT2D eigenvalue weighted by molar-refractivity contribution is 5.80. The van der Waals surface area contributed by atoms with Gasteiger partial charge in [-0.05, 0) is 49.6 Å². The molecular weight excluding hydrogens is 384 g/mol. The Hall–Kier alpha value is -3.05. The third kappa shape index (κ3) is 5.17. The van der Waals surface area contributed by atoms with E-state index in [0.29, 0.717) is 0 Å². The molecule has 0 radical (unpaired) electrons. The van der Waals surface area contributed by atoms with Gasteiger partial charge in [0.15, 0.2) is 0 Å². The molecule has 1 unspecified atom stereocenters. The number of aromatic nitrogens is 2. The molecule has 1 atom stereocenters. The molecule has 1 amide bonds. The van der Waals surface area contributed by atoms with E-state index in [2.05, 4.69) is 64.3 Å². The highest BCUT2D eigenvalue weighted by atomic mass is 16.2. The summed E-state index contributed by atoms with van der Waals surface area (Å²) in [4.78, 5) is 26.7. The van der Waals surface area contributed by atoms with Crippen molar-refractivity contribution in [2.75, 3.05) is 26.2 Å². The number of aryl methyl sites for hydroxylation is 1. The number of hydrogen-bond donors (Lipinski definition) is 0. The van der Waals surface area contributed by atoms with Crippen LogP contribution < -0.4 is 0 Å². The number of nitrogens with zero attached hydrogens (tertiary/aromatic N) is 4. The predicted molar refractivity (Wildman–Crippen MR) is 123 cm³/mol. The van der Waals surface area contributed by atoms with Crippen molar-refractivity contribution in [3.63, 3.8) is 0 Å². The van der Waals surface area contributed by atoms with Gasteiger partial charge in [0.2, 0.25) is 5.91 Å². The summed E-state index contributed by atoms with van der Waals surface area (Å²) in [5.41, 5.74) is 5.53. The van der Waals surface area contributed by atoms with Crippen molar-refractivity contribution in [2.45, 2.75) is 26.8 Å². The first-order chi connectivity index (χ1) is 15.1. The summed E-state index contributed by atoms with van der Waals surface area (Å²) in [7, 11) is 0. The Morgan fingerprint density at radius 1 is 1.03 bits per heavy atom. The minimum absolute atomic E-state index is 0.0786. The van der Waals surface area contributed by atoms with E-state index >= 15 is 0 Å². The van der Waals surface area contributed by atoms with E-state index in [0.717, 1.165) is 61.7 Å². The summed E-state index contributed by atoms with van der Waals surface area (Å²) in [6.07, 6.45) is 4.40. The van der Waals surface area contributed by atoms with Gasteiger partial charge in [-0.2, -0.15) is 0 Å². The number of amides is 1. The molecule has 0 saturated carbocycles. The largest absolute Gasteiger partial charge is 0.341 e. The zero-order valence-electron chi connectivity index (χ0n) is 18.4. The van der Waals surface area contributed by atoms with E-state index in [-0.39, 0.29) is 11.8 Å². The molecule has 2 aromatic heterocycles. The van der Waals surface area contributed by atoms with Crippen molar-refractivity contribution in [3.8, 4) is 11.1 Å². The number of carbonyl (C=O) groups excluding carboxylic acids is 1. The number of likely N-dealkylation sites (N-methyl/N-ethyl adjacent to an activating group) is 1. The fourth-order valence-electron chi connectivity index (χ4n) is 4.41. The van der Waals surface area contributed by atoms with E-state index in [1.54, 1.807) is 6.20 Å². The Kier molecular flexibility index (Phi) is 6.73. The van der Waals surface area contributed by atoms with Crippen LogP contribution in [0, 0.1) is 12.8 Å². The third-order valence-corrected chi connectivity index (χ3v) is 6.00. The summed E-state index contributed by atoms with van der Waals surface area (Å²) >= 11 is 0. The Bertz CT molecular complexity index is 1020. The van der Waals surface area contributed by atoms with Gasteiger partial charge in [-0.1, -0.05) is 36.4 Å². The summed E-state index contributed by atoms with van der Waals surface area (Å²) in [6.45, 7) is 7.98. The molecule has 5 heteroatoms. The molecule has 1 aliphatic rings. The molecular formula is C26H30N4O. The van der Waals surface area contributed by atoms with Crippen LogP contribution in [0.5, 0.6) is 0 Å². The molecule has 31 heavy (non-hydrogen) atoms. The highest BCUT2D eigenvalue weighted by Gasteiger charge is 2.30. The fraction of sp³-hybridized carbons (Fsp3) is 0.346. The summed E-state index contributed by atoms with van der Waals surface area (Å²) in [6, 6.07) is 18.6. The van der Waals surface area contributed by atoms with E-state index < -0.39 is 0 Å². The lowest BCUT2D eigenvalue weighted by Gasteiger charge is -2.24. The lowest BCUT2D eigenvalue weighted by molar-refractivity contribution is -0.134. The average Bonchev–Trinajstić information content (AvgIpc) is 2.93. The number of hydrogen-bond acceptors (Lipinski definition) is 4. The SMILES string of the molecule is CCN1CCN(Cc2cccc(C)n2)CC(Cc2ccccc2-c2cccnc2)C1=O. The average molecular weight is 415 g/mol. The summed E-state index contributed by atoms with van der Waals surface area (Å²) < 4.78 is 0. The first-order valence-electron chi connectivity index (χ1n) is 11.1. The van der Waals surface area contributed by atoms with Crippen LogP contribution in [0.15, 0.2) is 67.0 Å². The molecule has 0 N–H and O–H groups in total. The topological polar surface area (TPSA) is 49.3 Å². The van der Waals surface area contributed by atoms with Gasteiger partial charge < -0.3 is 4.90 Å². The normalized spacial score (nSPS) is 17.5. The predicted octanol–water partition coefficient (Wildman–Crippen LogP) is 3.98. The van der Waals surface area contributed by atoms with E-state index in [1.165, 1.54) is 5.56 Å². The Morgan fingerprint density at radius 3 is 2.68 bits per heavy atom. The van der Waals surface area contributed by atoms with Gasteiger partial charge >= 0.3 is 0 Å². The van der Waals surface area contributed by atoms with Crippen molar-refractivity contribution < 1.29 is 4.79 Å². The maximum Gasteiger partial charge on any atom is 0.227 e. The molecule has 5 nitrogen and oxygen atoms in total. The van der Waals surface area contributed by atoms with Gasteiger partial charge in [-0.3, -0.25) is 19.7 Å². The smallest absolute Gasteiger partial charge is 0.227 e. The van der Waals surface area contributed by atoms with Gasteiger partial charge in [0.1, 0.15) is 0 Å². The Labute approximate surface area is 184 Å². The fourth-order valence-corrected chi connectivity index (χ4v) is 4.41. The number of benzene rings is 1. The number of rotatable bonds is 6. The van der Waals surface area contributed by atoms with Crippen LogP contribution in [-0.2, 0) is 17.8 Å². The van der Waals surface area contributed by atoms with Crippen molar-refractivity contribution in [3.05, 3.63) is 83.9 Å². The summed E-state index contributed by atoms with van der Waals surface area (Å²) in [5.74, 6) is 0.174. The second kappa shape index (κ2) is 9.84. The van der Waals surface area contributed by atoms with E-state index in [9.17, 15) is 4.79 Å². The first-order valence-corrected chi connectivity index (χ1v) is 11.1. The molecule has 3 aromatic rings. The quantitative estimate of drug-likeness (QED) is 0.612. The lowest BCUT2D eigenvalue weighted by atomic mass is 9.91. The van der Waals surface area contributed by atoms with E-state index in [1.807, 2.05) is 30.2 Å². The molecule has 0 aliphatic carbocycles. The van der Waals surface area contributed by atoms with Crippen LogP contribution in [0.25, 0.3) is 11.1 Å². The molecule has 1 fully saturated rings. The van der Waals surface area contributed by atoms with Crippen molar-refractivity contribution >= 4 is 5.91 Å². The maximum atomic E-state index is 13.4. The second-order valence-electron chi connectivity index (χ2n) is 8.22. The van der Waals surface area contributed by atoms with Crippen LogP contribution in [0.3, 0.4) is 0 Å². The van der Waals surface area contributed by atoms with Crippen molar-refractivity contribution in [1.29, 1.82) is 0 Å². The van der Waals surface area contributed by atoms with Crippen LogP contribution in [0.4, 0.5) is 0 Å². The molecule has 4 rings (SSSR count). The minimum Gasteiger partial charge on any atom is -0.341 e. The van der Waals surface area contributed by atoms with Gasteiger partial charge in [0, 0.05) is 56.4 Å². The van der Waals surface area contributed by atoms with Gasteiger partial charge in [-0.15, -0.1) is 0 Å². The van der Waals surface area contributed by atoms with Crippen LogP contribution in [0.2, 0.25) is 0 Å². The molecule has 0 bridgehead atoms. The maximum absolute atomic E-state index is 13.4. The van der Waals surface area contributed by atoms with Crippen molar-refractivity contribution in [1.82, 2.24) is 19.8 Å². The number of carbonyl (C=O) groups is 1. The second-order valence-corrected chi connectivity index (χ2v) is 8.22. The highest BCUT2D eigenvalue weighted by Crippen LogP contribution is 2.27. The van der Waals surface area contributed by atoms with Crippen molar-refractivity contribution in [2.24, 2.45) is 5.92 Å². The zero-order chi connectivity index (χ0) is 21.6. The first kappa shape index (κ1) is 21.2. The molecule has 1 aromatic carbocycles.